The van der Waals surface area contributed by atoms with E-state index in [0.29, 0.717) is 18.2 Å². The van der Waals surface area contributed by atoms with Gasteiger partial charge in [-0.3, -0.25) is 14.2 Å². The van der Waals surface area contributed by atoms with Crippen molar-refractivity contribution < 1.29 is 14.3 Å². The van der Waals surface area contributed by atoms with E-state index in [4.69, 9.17) is 4.74 Å². The van der Waals surface area contributed by atoms with E-state index in [-0.39, 0.29) is 24.1 Å². The molecule has 0 N–H and O–H groups in total. The summed E-state index contributed by atoms with van der Waals surface area (Å²) in [5, 5.41) is 8.93. The highest BCUT2D eigenvalue weighted by Gasteiger charge is 2.19. The molecule has 152 valence electrons. The molecule has 0 unspecified atom stereocenters. The van der Waals surface area contributed by atoms with Crippen molar-refractivity contribution in [1.82, 2.24) is 24.6 Å². The van der Waals surface area contributed by atoms with Gasteiger partial charge in [0.2, 0.25) is 11.8 Å². The van der Waals surface area contributed by atoms with Crippen molar-refractivity contribution in [2.75, 3.05) is 39.5 Å². The second-order valence-corrected chi connectivity index (χ2v) is 7.11. The molecule has 1 aromatic heterocycles. The van der Waals surface area contributed by atoms with E-state index in [1.54, 1.807) is 19.1 Å². The average molecular weight is 406 g/mol. The number of hydrogen-bond acceptors (Lipinski definition) is 6. The number of aromatic nitrogens is 3. The van der Waals surface area contributed by atoms with Crippen molar-refractivity contribution in [2.45, 2.75) is 25.9 Å². The van der Waals surface area contributed by atoms with Gasteiger partial charge in [-0.2, -0.15) is 0 Å². The van der Waals surface area contributed by atoms with Gasteiger partial charge >= 0.3 is 0 Å². The second-order valence-electron chi connectivity index (χ2n) is 6.17. The van der Waals surface area contributed by atoms with Gasteiger partial charge in [-0.15, -0.1) is 10.2 Å². The number of aryl methyl sites for hydroxylation is 1. The molecule has 0 aliphatic rings. The summed E-state index contributed by atoms with van der Waals surface area (Å²) in [7, 11) is 3.26. The van der Waals surface area contributed by atoms with Crippen LogP contribution in [0.2, 0.25) is 0 Å². The van der Waals surface area contributed by atoms with Crippen molar-refractivity contribution in [3.05, 3.63) is 30.1 Å². The third-order valence-electron chi connectivity index (χ3n) is 4.36. The summed E-state index contributed by atoms with van der Waals surface area (Å²) < 4.78 is 7.08. The first-order valence-electron chi connectivity index (χ1n) is 9.12. The van der Waals surface area contributed by atoms with Gasteiger partial charge in [0.15, 0.2) is 5.16 Å². The number of carbonyl (C=O) groups is 2. The molecular formula is C19H27N5O3S. The van der Waals surface area contributed by atoms with Crippen molar-refractivity contribution in [2.24, 2.45) is 0 Å². The Morgan fingerprint density at radius 3 is 2.32 bits per heavy atom. The number of hydrogen-bond donors (Lipinski definition) is 0. The number of likely N-dealkylation sites (N-methyl/N-ethyl adjacent to an activating group) is 2. The zero-order valence-electron chi connectivity index (χ0n) is 17.0. The quantitative estimate of drug-likeness (QED) is 0.594. The van der Waals surface area contributed by atoms with E-state index in [9.17, 15) is 9.59 Å². The predicted octanol–water partition coefficient (Wildman–Crippen LogP) is 2.00. The summed E-state index contributed by atoms with van der Waals surface area (Å²) in [4.78, 5) is 27.8. The molecule has 28 heavy (non-hydrogen) atoms. The lowest BCUT2D eigenvalue weighted by atomic mass is 10.3. The number of benzene rings is 1. The zero-order chi connectivity index (χ0) is 20.7. The largest absolute Gasteiger partial charge is 0.497 e. The van der Waals surface area contributed by atoms with Crippen LogP contribution < -0.4 is 4.74 Å². The summed E-state index contributed by atoms with van der Waals surface area (Å²) in [6.07, 6.45) is 0. The summed E-state index contributed by atoms with van der Waals surface area (Å²) in [5.41, 5.74) is 0.892. The minimum atomic E-state index is -0.132. The minimum absolute atomic E-state index is 0.0527. The highest BCUT2D eigenvalue weighted by molar-refractivity contribution is 7.99. The van der Waals surface area contributed by atoms with Gasteiger partial charge in [0.05, 0.1) is 19.4 Å². The number of amides is 2. The fraction of sp³-hybridized carbons (Fsp3) is 0.474. The van der Waals surface area contributed by atoms with Gasteiger partial charge in [0.25, 0.3) is 0 Å². The van der Waals surface area contributed by atoms with Crippen LogP contribution in [0, 0.1) is 6.92 Å². The maximum absolute atomic E-state index is 12.4. The number of thioether (sulfide) groups is 1. The molecule has 0 fully saturated rings. The fourth-order valence-corrected chi connectivity index (χ4v) is 3.61. The molecule has 2 amide bonds. The normalized spacial score (nSPS) is 10.6. The fourth-order valence-electron chi connectivity index (χ4n) is 2.67. The highest BCUT2D eigenvalue weighted by atomic mass is 32.2. The number of methoxy groups -OCH3 is 1. The van der Waals surface area contributed by atoms with Crippen molar-refractivity contribution in [3.8, 4) is 11.4 Å². The van der Waals surface area contributed by atoms with E-state index in [1.807, 2.05) is 49.6 Å². The van der Waals surface area contributed by atoms with E-state index in [0.717, 1.165) is 17.3 Å². The lowest BCUT2D eigenvalue weighted by molar-refractivity contribution is -0.137. The van der Waals surface area contributed by atoms with Gasteiger partial charge in [-0.1, -0.05) is 11.8 Å². The van der Waals surface area contributed by atoms with E-state index in [1.165, 1.54) is 16.7 Å². The Hall–Kier alpha value is -2.55. The third-order valence-corrected chi connectivity index (χ3v) is 5.28. The molecule has 2 aromatic rings. The van der Waals surface area contributed by atoms with Gasteiger partial charge in [0.1, 0.15) is 11.6 Å². The Bertz CT molecular complexity index is 802. The minimum Gasteiger partial charge on any atom is -0.497 e. The third kappa shape index (κ3) is 5.25. The predicted molar refractivity (Wildman–Crippen MR) is 109 cm³/mol. The zero-order valence-corrected chi connectivity index (χ0v) is 17.8. The Morgan fingerprint density at radius 2 is 1.75 bits per heavy atom. The summed E-state index contributed by atoms with van der Waals surface area (Å²) in [6, 6.07) is 7.55. The molecule has 0 aliphatic heterocycles. The number of rotatable bonds is 9. The van der Waals surface area contributed by atoms with Gasteiger partial charge in [0, 0.05) is 25.8 Å². The molecule has 0 aliphatic carbocycles. The maximum Gasteiger partial charge on any atom is 0.242 e. The molecular weight excluding hydrogens is 378 g/mol. The molecule has 0 saturated heterocycles. The maximum atomic E-state index is 12.4. The first-order chi connectivity index (χ1) is 13.4. The van der Waals surface area contributed by atoms with Gasteiger partial charge in [-0.05, 0) is 45.0 Å². The second kappa shape index (κ2) is 10.1. The van der Waals surface area contributed by atoms with E-state index in [2.05, 4.69) is 10.2 Å². The standard InChI is InChI=1S/C19H27N5O3S/c1-6-23(7-2)17(25)12-22(4)18(26)13-28-19-21-20-14(3)24(19)15-8-10-16(27-5)11-9-15/h8-11H,6-7,12-13H2,1-5H3. The molecule has 9 heteroatoms. The van der Waals surface area contributed by atoms with Crippen LogP contribution in [0.1, 0.15) is 19.7 Å². The number of nitrogens with zero attached hydrogens (tertiary/aromatic N) is 5. The molecule has 0 saturated carbocycles. The number of ether oxygens (including phenoxy) is 1. The molecule has 2 rings (SSSR count). The molecule has 0 radical (unpaired) electrons. The van der Waals surface area contributed by atoms with Crippen molar-refractivity contribution >= 4 is 23.6 Å². The van der Waals surface area contributed by atoms with Gasteiger partial charge < -0.3 is 14.5 Å². The molecule has 1 heterocycles. The Balaban J connectivity index is 2.02. The topological polar surface area (TPSA) is 80.6 Å². The Labute approximate surface area is 169 Å². The number of carbonyl (C=O) groups excluding carboxylic acids is 2. The molecule has 0 atom stereocenters. The summed E-state index contributed by atoms with van der Waals surface area (Å²) in [5.74, 6) is 1.48. The van der Waals surface area contributed by atoms with E-state index >= 15 is 0 Å². The van der Waals surface area contributed by atoms with Crippen LogP contribution in [0.15, 0.2) is 29.4 Å². The van der Waals surface area contributed by atoms with Crippen molar-refractivity contribution in [3.63, 3.8) is 0 Å². The van der Waals surface area contributed by atoms with E-state index < -0.39 is 0 Å². The van der Waals surface area contributed by atoms with Crippen molar-refractivity contribution in [1.29, 1.82) is 0 Å². The van der Waals surface area contributed by atoms with Crippen LogP contribution in [0.5, 0.6) is 5.75 Å². The summed E-state index contributed by atoms with van der Waals surface area (Å²) in [6.45, 7) is 7.05. The first-order valence-corrected chi connectivity index (χ1v) is 10.1. The lowest BCUT2D eigenvalue weighted by Gasteiger charge is -2.23. The molecule has 8 nitrogen and oxygen atoms in total. The SMILES string of the molecule is CCN(CC)C(=O)CN(C)C(=O)CSc1nnc(C)n1-c1ccc(OC)cc1. The monoisotopic (exact) mass is 405 g/mol. The van der Waals surface area contributed by atoms with Crippen LogP contribution in [-0.4, -0.2) is 75.9 Å². The molecule has 1 aromatic carbocycles. The van der Waals surface area contributed by atoms with Crippen LogP contribution >= 0.6 is 11.8 Å². The van der Waals surface area contributed by atoms with Crippen LogP contribution in [-0.2, 0) is 9.59 Å². The Morgan fingerprint density at radius 1 is 1.11 bits per heavy atom. The van der Waals surface area contributed by atoms with Crippen LogP contribution in [0.25, 0.3) is 5.69 Å². The average Bonchev–Trinajstić information content (AvgIpc) is 3.07. The van der Waals surface area contributed by atoms with Crippen LogP contribution in [0.4, 0.5) is 0 Å². The van der Waals surface area contributed by atoms with Gasteiger partial charge in [-0.25, -0.2) is 0 Å². The smallest absolute Gasteiger partial charge is 0.242 e. The summed E-state index contributed by atoms with van der Waals surface area (Å²) >= 11 is 1.30. The lowest BCUT2D eigenvalue weighted by Crippen LogP contribution is -2.41. The Kier molecular flexibility index (Phi) is 7.86. The molecule has 0 spiro atoms. The molecule has 0 bridgehead atoms. The highest BCUT2D eigenvalue weighted by Crippen LogP contribution is 2.23. The first kappa shape index (κ1) is 21.7. The van der Waals surface area contributed by atoms with Crippen LogP contribution in [0.3, 0.4) is 0 Å².